The highest BCUT2D eigenvalue weighted by Gasteiger charge is 2.33. The highest BCUT2D eigenvalue weighted by Crippen LogP contribution is 2.38. The quantitative estimate of drug-likeness (QED) is 0.667. The van der Waals surface area contributed by atoms with Gasteiger partial charge in [0.2, 0.25) is 21.7 Å². The van der Waals surface area contributed by atoms with Crippen LogP contribution in [-0.2, 0) is 21.4 Å². The molecule has 0 radical (unpaired) electrons. The number of hydrogen-bond acceptors (Lipinski definition) is 6. The third-order valence-electron chi connectivity index (χ3n) is 5.33. The molecule has 168 valence electrons. The zero-order valence-electron chi connectivity index (χ0n) is 18.0. The number of carbonyl (C=O) groups is 1. The molecule has 2 aromatic rings. The molecule has 2 aromatic carbocycles. The first-order chi connectivity index (χ1) is 14.9. The Kier molecular flexibility index (Phi) is 7.40. The smallest absolute Gasteiger partial charge is 0.243 e. The third-order valence-corrected chi connectivity index (χ3v) is 7.21. The Bertz CT molecular complexity index is 985. The monoisotopic (exact) mass is 448 g/mol. The van der Waals surface area contributed by atoms with E-state index in [0.717, 1.165) is 5.56 Å². The van der Waals surface area contributed by atoms with E-state index in [2.05, 4.69) is 5.32 Å². The van der Waals surface area contributed by atoms with Crippen molar-refractivity contribution in [1.82, 2.24) is 9.62 Å². The summed E-state index contributed by atoms with van der Waals surface area (Å²) in [6.07, 6.45) is 1.27. The number of sulfonamides is 1. The van der Waals surface area contributed by atoms with Gasteiger partial charge in [-0.2, -0.15) is 4.31 Å². The summed E-state index contributed by atoms with van der Waals surface area (Å²) in [6, 6.07) is 11.8. The van der Waals surface area contributed by atoms with Gasteiger partial charge in [-0.05, 0) is 42.7 Å². The molecule has 0 bridgehead atoms. The molecule has 31 heavy (non-hydrogen) atoms. The fourth-order valence-electron chi connectivity index (χ4n) is 3.69. The lowest BCUT2D eigenvalue weighted by Crippen LogP contribution is -2.45. The van der Waals surface area contributed by atoms with Crippen molar-refractivity contribution in [2.75, 3.05) is 34.4 Å². The average Bonchev–Trinajstić information content (AvgIpc) is 2.82. The summed E-state index contributed by atoms with van der Waals surface area (Å²) in [5.41, 5.74) is 0.785. The second-order valence-electron chi connectivity index (χ2n) is 7.27. The van der Waals surface area contributed by atoms with E-state index in [-0.39, 0.29) is 23.9 Å². The second kappa shape index (κ2) is 10.0. The SMILES string of the molecule is COc1cc(CNC(=O)C2CCCN(S(=O)(=O)c3ccccc3)C2)cc(OC)c1OC. The molecule has 3 rings (SSSR count). The van der Waals surface area contributed by atoms with E-state index in [4.69, 9.17) is 14.2 Å². The van der Waals surface area contributed by atoms with E-state index < -0.39 is 15.9 Å². The number of nitrogens with zero attached hydrogens (tertiary/aromatic N) is 1. The third kappa shape index (κ3) is 5.11. The molecule has 0 aliphatic carbocycles. The lowest BCUT2D eigenvalue weighted by Gasteiger charge is -2.31. The van der Waals surface area contributed by atoms with Gasteiger partial charge >= 0.3 is 0 Å². The second-order valence-corrected chi connectivity index (χ2v) is 9.20. The highest BCUT2D eigenvalue weighted by molar-refractivity contribution is 7.89. The number of piperidine rings is 1. The predicted octanol–water partition coefficient (Wildman–Crippen LogP) is 2.43. The molecule has 1 fully saturated rings. The molecular formula is C22H28N2O6S. The molecule has 8 nitrogen and oxygen atoms in total. The minimum atomic E-state index is -3.61. The maximum absolute atomic E-state index is 12.9. The number of methoxy groups -OCH3 is 3. The van der Waals surface area contributed by atoms with Gasteiger partial charge in [0.1, 0.15) is 0 Å². The van der Waals surface area contributed by atoms with Crippen molar-refractivity contribution < 1.29 is 27.4 Å². The van der Waals surface area contributed by atoms with Crippen LogP contribution in [0.3, 0.4) is 0 Å². The Hall–Kier alpha value is -2.78. The number of amides is 1. The van der Waals surface area contributed by atoms with Crippen molar-refractivity contribution in [3.63, 3.8) is 0 Å². The van der Waals surface area contributed by atoms with Crippen LogP contribution in [0.2, 0.25) is 0 Å². The van der Waals surface area contributed by atoms with Gasteiger partial charge < -0.3 is 19.5 Å². The number of rotatable bonds is 8. The van der Waals surface area contributed by atoms with Crippen LogP contribution in [0.4, 0.5) is 0 Å². The van der Waals surface area contributed by atoms with E-state index in [1.165, 1.54) is 25.6 Å². The Balaban J connectivity index is 1.67. The number of hydrogen-bond donors (Lipinski definition) is 1. The van der Waals surface area contributed by atoms with Crippen molar-refractivity contribution in [3.8, 4) is 17.2 Å². The predicted molar refractivity (Wildman–Crippen MR) is 116 cm³/mol. The Morgan fingerprint density at radius 3 is 2.29 bits per heavy atom. The molecule has 1 aliphatic heterocycles. The maximum Gasteiger partial charge on any atom is 0.243 e. The Labute approximate surface area is 183 Å². The van der Waals surface area contributed by atoms with Gasteiger partial charge in [-0.1, -0.05) is 18.2 Å². The van der Waals surface area contributed by atoms with E-state index >= 15 is 0 Å². The topological polar surface area (TPSA) is 94.2 Å². The molecule has 1 atom stereocenters. The standard InChI is InChI=1S/C22H28N2O6S/c1-28-19-12-16(13-20(29-2)21(19)30-3)14-23-22(25)17-8-7-11-24(15-17)31(26,27)18-9-5-4-6-10-18/h4-6,9-10,12-13,17H,7-8,11,14-15H2,1-3H3,(H,23,25). The molecule has 9 heteroatoms. The molecule has 1 unspecified atom stereocenters. The molecule has 0 aromatic heterocycles. The fourth-order valence-corrected chi connectivity index (χ4v) is 5.23. The van der Waals surface area contributed by atoms with E-state index in [9.17, 15) is 13.2 Å². The minimum absolute atomic E-state index is 0.165. The van der Waals surface area contributed by atoms with Gasteiger partial charge in [-0.3, -0.25) is 4.79 Å². The van der Waals surface area contributed by atoms with Crippen molar-refractivity contribution in [2.24, 2.45) is 5.92 Å². The van der Waals surface area contributed by atoms with Crippen LogP contribution < -0.4 is 19.5 Å². The highest BCUT2D eigenvalue weighted by atomic mass is 32.2. The van der Waals surface area contributed by atoms with Crippen molar-refractivity contribution in [1.29, 1.82) is 0 Å². The maximum atomic E-state index is 12.9. The fraction of sp³-hybridized carbons (Fsp3) is 0.409. The van der Waals surface area contributed by atoms with Crippen molar-refractivity contribution >= 4 is 15.9 Å². The van der Waals surface area contributed by atoms with Crippen LogP contribution in [-0.4, -0.2) is 53.0 Å². The number of benzene rings is 2. The van der Waals surface area contributed by atoms with Gasteiger partial charge in [0.05, 0.1) is 32.1 Å². The molecule has 1 aliphatic rings. The van der Waals surface area contributed by atoms with Gasteiger partial charge in [0.15, 0.2) is 11.5 Å². The van der Waals surface area contributed by atoms with Gasteiger partial charge in [0.25, 0.3) is 0 Å². The molecule has 1 amide bonds. The summed E-state index contributed by atoms with van der Waals surface area (Å²) < 4.78 is 43.2. The van der Waals surface area contributed by atoms with Crippen LogP contribution in [0.5, 0.6) is 17.2 Å². The lowest BCUT2D eigenvalue weighted by atomic mass is 9.98. The van der Waals surface area contributed by atoms with Crippen molar-refractivity contribution in [2.45, 2.75) is 24.3 Å². The molecule has 1 N–H and O–H groups in total. The van der Waals surface area contributed by atoms with Crippen molar-refractivity contribution in [3.05, 3.63) is 48.0 Å². The Morgan fingerprint density at radius 2 is 1.71 bits per heavy atom. The van der Waals surface area contributed by atoms with E-state index in [1.54, 1.807) is 42.5 Å². The summed E-state index contributed by atoms with van der Waals surface area (Å²) in [7, 11) is 0.975. The summed E-state index contributed by atoms with van der Waals surface area (Å²) >= 11 is 0. The first-order valence-electron chi connectivity index (χ1n) is 10.0. The van der Waals surface area contributed by atoms with Crippen LogP contribution in [0.1, 0.15) is 18.4 Å². The number of nitrogens with one attached hydrogen (secondary N) is 1. The van der Waals surface area contributed by atoms with Crippen LogP contribution in [0, 0.1) is 5.92 Å². The van der Waals surface area contributed by atoms with E-state index in [0.29, 0.717) is 36.6 Å². The van der Waals surface area contributed by atoms with Gasteiger partial charge in [-0.25, -0.2) is 8.42 Å². The zero-order chi connectivity index (χ0) is 22.4. The molecule has 0 spiro atoms. The summed E-state index contributed by atoms with van der Waals surface area (Å²) in [5, 5.41) is 2.91. The van der Waals surface area contributed by atoms with E-state index in [1.807, 2.05) is 0 Å². The first kappa shape index (κ1) is 22.9. The minimum Gasteiger partial charge on any atom is -0.493 e. The summed E-state index contributed by atoms with van der Waals surface area (Å²) in [4.78, 5) is 13.0. The summed E-state index contributed by atoms with van der Waals surface area (Å²) in [5.74, 6) is 0.901. The largest absolute Gasteiger partial charge is 0.493 e. The van der Waals surface area contributed by atoms with Gasteiger partial charge in [-0.15, -0.1) is 0 Å². The zero-order valence-corrected chi connectivity index (χ0v) is 18.8. The average molecular weight is 449 g/mol. The molecule has 1 heterocycles. The van der Waals surface area contributed by atoms with Gasteiger partial charge in [0, 0.05) is 19.6 Å². The molecular weight excluding hydrogens is 420 g/mol. The normalized spacial score (nSPS) is 17.1. The van der Waals surface area contributed by atoms with Crippen LogP contribution in [0.15, 0.2) is 47.4 Å². The molecule has 0 saturated carbocycles. The number of ether oxygens (including phenoxy) is 3. The van der Waals surface area contributed by atoms with Crippen LogP contribution in [0.25, 0.3) is 0 Å². The molecule has 1 saturated heterocycles. The first-order valence-corrected chi connectivity index (χ1v) is 11.5. The lowest BCUT2D eigenvalue weighted by molar-refractivity contribution is -0.126. The summed E-state index contributed by atoms with van der Waals surface area (Å²) in [6.45, 7) is 0.837. The Morgan fingerprint density at radius 1 is 1.06 bits per heavy atom. The number of carbonyl (C=O) groups excluding carboxylic acids is 1. The van der Waals surface area contributed by atoms with Crippen LogP contribution >= 0.6 is 0 Å².